The number of anilines is 1. The van der Waals surface area contributed by atoms with Gasteiger partial charge >= 0.3 is 0 Å². The Morgan fingerprint density at radius 1 is 1.15 bits per heavy atom. The fourth-order valence-electron chi connectivity index (χ4n) is 1.49. The number of pyridine rings is 1. The molecular weight excluding hydrogens is 286 g/mol. The molecule has 20 heavy (non-hydrogen) atoms. The van der Waals surface area contributed by atoms with E-state index in [2.05, 4.69) is 5.32 Å². The van der Waals surface area contributed by atoms with Gasteiger partial charge in [-0.05, 0) is 24.3 Å². The summed E-state index contributed by atoms with van der Waals surface area (Å²) in [6, 6.07) is 8.87. The van der Waals surface area contributed by atoms with Gasteiger partial charge in [0.25, 0.3) is 11.7 Å². The quantitative estimate of drug-likeness (QED) is 0.536. The van der Waals surface area contributed by atoms with E-state index in [1.807, 2.05) is 0 Å². The first kappa shape index (κ1) is 14.3. The highest BCUT2D eigenvalue weighted by molar-refractivity contribution is 7.99. The topological polar surface area (TPSA) is 56.0 Å². The molecule has 0 fully saturated rings. The van der Waals surface area contributed by atoms with Crippen molar-refractivity contribution in [1.82, 2.24) is 0 Å². The van der Waals surface area contributed by atoms with Gasteiger partial charge in [0.05, 0.1) is 5.56 Å². The summed E-state index contributed by atoms with van der Waals surface area (Å²) in [6.07, 6.45) is 2.44. The van der Waals surface area contributed by atoms with E-state index in [-0.39, 0.29) is 5.91 Å². The van der Waals surface area contributed by atoms with Crippen LogP contribution in [0.2, 0.25) is 0 Å². The summed E-state index contributed by atoms with van der Waals surface area (Å²) in [5.41, 5.74) is 0.829. The Kier molecular flexibility index (Phi) is 4.52. The van der Waals surface area contributed by atoms with Crippen LogP contribution in [-0.2, 0) is 0 Å². The van der Waals surface area contributed by atoms with Gasteiger partial charge in [0, 0.05) is 22.7 Å². The van der Waals surface area contributed by atoms with Gasteiger partial charge in [-0.2, -0.15) is 13.5 Å². The zero-order valence-corrected chi connectivity index (χ0v) is 10.9. The van der Waals surface area contributed by atoms with Crippen LogP contribution in [0.1, 0.15) is 10.4 Å². The maximum Gasteiger partial charge on any atom is 0.288 e. The minimum atomic E-state index is -2.47. The predicted molar refractivity (Wildman–Crippen MR) is 71.7 cm³/mol. The summed E-state index contributed by atoms with van der Waals surface area (Å²) >= 11 is 0.440. The van der Waals surface area contributed by atoms with Crippen molar-refractivity contribution in [2.24, 2.45) is 0 Å². The van der Waals surface area contributed by atoms with Crippen molar-refractivity contribution in [2.45, 2.75) is 10.7 Å². The Labute approximate surface area is 118 Å². The zero-order valence-electron chi connectivity index (χ0n) is 10.1. The molecule has 0 atom stereocenters. The standard InChI is InChI=1S/C13H10F2N2O2S/c14-13(15)20-11-3-1-10(2-4-11)16-12(18)9-5-7-17(19)8-6-9/h1-8,13H,(H,16,18). The van der Waals surface area contributed by atoms with Crippen LogP contribution < -0.4 is 10.0 Å². The number of nitrogens with zero attached hydrogens (tertiary/aromatic N) is 1. The average molecular weight is 296 g/mol. The Morgan fingerprint density at radius 3 is 2.30 bits per heavy atom. The molecule has 1 aromatic heterocycles. The van der Waals surface area contributed by atoms with Gasteiger partial charge in [-0.15, -0.1) is 0 Å². The number of amides is 1. The summed E-state index contributed by atoms with van der Waals surface area (Å²) in [4.78, 5) is 12.3. The van der Waals surface area contributed by atoms with Crippen molar-refractivity contribution in [3.63, 3.8) is 0 Å². The molecule has 0 bridgehead atoms. The molecule has 0 saturated carbocycles. The molecule has 0 saturated heterocycles. The average Bonchev–Trinajstić information content (AvgIpc) is 2.41. The highest BCUT2D eigenvalue weighted by Crippen LogP contribution is 2.26. The molecule has 0 unspecified atom stereocenters. The first-order chi connectivity index (χ1) is 9.54. The summed E-state index contributed by atoms with van der Waals surface area (Å²) in [5.74, 6) is -2.85. The zero-order chi connectivity index (χ0) is 14.5. The van der Waals surface area contributed by atoms with Crippen LogP contribution in [0.15, 0.2) is 53.7 Å². The monoisotopic (exact) mass is 296 g/mol. The van der Waals surface area contributed by atoms with Crippen molar-refractivity contribution in [1.29, 1.82) is 0 Å². The minimum absolute atomic E-state index is 0.336. The highest BCUT2D eigenvalue weighted by Gasteiger charge is 2.08. The SMILES string of the molecule is O=C(Nc1ccc(SC(F)F)cc1)c1cc[n+]([O-])cc1. The number of carbonyl (C=O) groups excluding carboxylic acids is 1. The number of nitrogens with one attached hydrogen (secondary N) is 1. The molecule has 0 aliphatic carbocycles. The molecule has 2 aromatic rings. The maximum atomic E-state index is 12.2. The summed E-state index contributed by atoms with van der Waals surface area (Å²) in [6.45, 7) is 0. The highest BCUT2D eigenvalue weighted by atomic mass is 32.2. The smallest absolute Gasteiger partial charge is 0.288 e. The van der Waals surface area contributed by atoms with Crippen LogP contribution in [0.25, 0.3) is 0 Å². The van der Waals surface area contributed by atoms with Gasteiger partial charge in [0.1, 0.15) is 0 Å². The van der Waals surface area contributed by atoms with E-state index < -0.39 is 5.76 Å². The molecule has 7 heteroatoms. The van der Waals surface area contributed by atoms with Crippen molar-refractivity contribution in [3.8, 4) is 0 Å². The molecule has 0 radical (unpaired) electrons. The number of hydrogen-bond donors (Lipinski definition) is 1. The Balaban J connectivity index is 2.02. The van der Waals surface area contributed by atoms with Gasteiger partial charge in [-0.1, -0.05) is 11.8 Å². The van der Waals surface area contributed by atoms with Crippen LogP contribution in [0.4, 0.5) is 14.5 Å². The van der Waals surface area contributed by atoms with Crippen LogP contribution in [-0.4, -0.2) is 11.7 Å². The van der Waals surface area contributed by atoms with Gasteiger partial charge in [-0.25, -0.2) is 0 Å². The van der Waals surface area contributed by atoms with Gasteiger partial charge in [0.2, 0.25) is 0 Å². The lowest BCUT2D eigenvalue weighted by Crippen LogP contribution is -2.25. The van der Waals surface area contributed by atoms with Crippen molar-refractivity contribution >= 4 is 23.4 Å². The first-order valence-corrected chi connectivity index (χ1v) is 6.47. The largest absolute Gasteiger partial charge is 0.619 e. The summed E-state index contributed by atoms with van der Waals surface area (Å²) in [5, 5.41) is 13.5. The fourth-order valence-corrected chi connectivity index (χ4v) is 1.99. The van der Waals surface area contributed by atoms with E-state index in [1.165, 1.54) is 36.7 Å². The molecule has 0 aliphatic heterocycles. The molecule has 104 valence electrons. The molecule has 0 spiro atoms. The molecule has 0 aliphatic rings. The summed E-state index contributed by atoms with van der Waals surface area (Å²) in [7, 11) is 0. The van der Waals surface area contributed by atoms with Crippen LogP contribution in [0.3, 0.4) is 0 Å². The number of thioether (sulfide) groups is 1. The van der Waals surface area contributed by atoms with Crippen LogP contribution in [0, 0.1) is 5.21 Å². The van der Waals surface area contributed by atoms with E-state index in [9.17, 15) is 18.8 Å². The number of carbonyl (C=O) groups is 1. The lowest BCUT2D eigenvalue weighted by Gasteiger charge is -2.06. The number of hydrogen-bond acceptors (Lipinski definition) is 3. The molecule has 2 rings (SSSR count). The second-order valence-corrected chi connectivity index (χ2v) is 4.87. The Morgan fingerprint density at radius 2 is 1.75 bits per heavy atom. The van der Waals surface area contributed by atoms with Crippen molar-refractivity contribution in [2.75, 3.05) is 5.32 Å². The second kappa shape index (κ2) is 6.33. The molecule has 1 amide bonds. The third-order valence-electron chi connectivity index (χ3n) is 2.40. The number of halogens is 2. The number of aromatic nitrogens is 1. The molecule has 1 heterocycles. The van der Waals surface area contributed by atoms with E-state index in [0.717, 1.165) is 0 Å². The van der Waals surface area contributed by atoms with E-state index in [0.29, 0.717) is 32.6 Å². The van der Waals surface area contributed by atoms with E-state index in [4.69, 9.17) is 0 Å². The summed E-state index contributed by atoms with van der Waals surface area (Å²) < 4.78 is 24.9. The van der Waals surface area contributed by atoms with Gasteiger partial charge in [-0.3, -0.25) is 4.79 Å². The maximum absolute atomic E-state index is 12.2. The van der Waals surface area contributed by atoms with E-state index in [1.54, 1.807) is 12.1 Å². The third-order valence-corrected chi connectivity index (χ3v) is 3.12. The molecule has 4 nitrogen and oxygen atoms in total. The number of rotatable bonds is 4. The van der Waals surface area contributed by atoms with E-state index >= 15 is 0 Å². The van der Waals surface area contributed by atoms with Crippen LogP contribution >= 0.6 is 11.8 Å². The molecule has 1 N–H and O–H groups in total. The lowest BCUT2D eigenvalue weighted by atomic mass is 10.2. The first-order valence-electron chi connectivity index (χ1n) is 5.59. The minimum Gasteiger partial charge on any atom is -0.619 e. The Bertz CT molecular complexity index is 588. The third kappa shape index (κ3) is 3.92. The Hall–Kier alpha value is -2.15. The number of alkyl halides is 2. The molecule has 1 aromatic carbocycles. The van der Waals surface area contributed by atoms with Crippen molar-refractivity contribution in [3.05, 3.63) is 59.6 Å². The van der Waals surface area contributed by atoms with Gasteiger partial charge < -0.3 is 10.5 Å². The fraction of sp³-hybridized carbons (Fsp3) is 0.0769. The second-order valence-electron chi connectivity index (χ2n) is 3.80. The number of benzene rings is 1. The van der Waals surface area contributed by atoms with Gasteiger partial charge in [0.15, 0.2) is 12.4 Å². The predicted octanol–water partition coefficient (Wildman–Crippen LogP) is 2.89. The lowest BCUT2D eigenvalue weighted by molar-refractivity contribution is -0.605. The normalized spacial score (nSPS) is 10.6. The van der Waals surface area contributed by atoms with Crippen molar-refractivity contribution < 1.29 is 18.3 Å². The molecular formula is C13H10F2N2O2S. The van der Waals surface area contributed by atoms with Crippen LogP contribution in [0.5, 0.6) is 0 Å².